The first kappa shape index (κ1) is 8.79. The lowest BCUT2D eigenvalue weighted by molar-refractivity contribution is 0.623. The Labute approximate surface area is 92.5 Å². The Balaban J connectivity index is 2.57. The van der Waals surface area contributed by atoms with Crippen LogP contribution in [0.1, 0.15) is 0 Å². The molecule has 0 saturated carbocycles. The van der Waals surface area contributed by atoms with E-state index in [0.717, 1.165) is 16.4 Å². The Bertz CT molecular complexity index is 662. The normalized spacial score (nSPS) is 11.3. The van der Waals surface area contributed by atoms with Crippen molar-refractivity contribution in [3.8, 4) is 0 Å². The molecule has 3 aromatic rings. The molecule has 1 aromatic carbocycles. The Hall–Kier alpha value is -1.49. The molecule has 2 aromatic heterocycles. The molecule has 2 heterocycles. The van der Waals surface area contributed by atoms with Gasteiger partial charge in [0.05, 0.1) is 33.5 Å². The summed E-state index contributed by atoms with van der Waals surface area (Å²) in [6.07, 6.45) is 3.25. The number of hydrogen-bond acceptors (Lipinski definition) is 2. The molecule has 3 nitrogen and oxygen atoms in total. The maximum absolute atomic E-state index is 13.3. The number of fused-ring (bicyclic) bond motifs is 3. The minimum Gasteiger partial charge on any atom is -0.343 e. The molecular formula is C10H5BrFN3. The number of benzene rings is 1. The van der Waals surface area contributed by atoms with Crippen molar-refractivity contribution in [3.63, 3.8) is 0 Å². The third-order valence-electron chi connectivity index (χ3n) is 2.30. The molecule has 3 rings (SSSR count). The van der Waals surface area contributed by atoms with Crippen LogP contribution in [0.4, 0.5) is 4.39 Å². The van der Waals surface area contributed by atoms with Crippen LogP contribution in [-0.4, -0.2) is 15.0 Å². The van der Waals surface area contributed by atoms with E-state index in [4.69, 9.17) is 0 Å². The van der Waals surface area contributed by atoms with E-state index in [1.54, 1.807) is 18.6 Å². The number of nitrogens with zero attached hydrogens (tertiary/aromatic N) is 2. The van der Waals surface area contributed by atoms with Gasteiger partial charge in [0.25, 0.3) is 0 Å². The number of imidazole rings is 1. The summed E-state index contributed by atoms with van der Waals surface area (Å²) < 4.78 is 13.7. The minimum absolute atomic E-state index is 0.315. The maximum atomic E-state index is 13.3. The summed E-state index contributed by atoms with van der Waals surface area (Å²) in [4.78, 5) is 11.3. The Morgan fingerprint density at radius 3 is 3.00 bits per heavy atom. The first-order chi connectivity index (χ1) is 7.25. The van der Waals surface area contributed by atoms with Crippen molar-refractivity contribution in [1.82, 2.24) is 15.0 Å². The second-order valence-electron chi connectivity index (χ2n) is 3.21. The van der Waals surface area contributed by atoms with Crippen LogP contribution in [0.25, 0.3) is 21.9 Å². The molecule has 0 bridgehead atoms. The van der Waals surface area contributed by atoms with Gasteiger partial charge in [-0.25, -0.2) is 9.37 Å². The van der Waals surface area contributed by atoms with E-state index in [0.29, 0.717) is 9.99 Å². The van der Waals surface area contributed by atoms with Crippen LogP contribution in [0.5, 0.6) is 0 Å². The first-order valence-corrected chi connectivity index (χ1v) is 5.12. The molecule has 0 unspecified atom stereocenters. The van der Waals surface area contributed by atoms with Gasteiger partial charge in [-0.15, -0.1) is 0 Å². The van der Waals surface area contributed by atoms with Crippen LogP contribution < -0.4 is 0 Å². The zero-order valence-corrected chi connectivity index (χ0v) is 9.05. The third kappa shape index (κ3) is 1.23. The van der Waals surface area contributed by atoms with Crippen molar-refractivity contribution in [2.45, 2.75) is 0 Å². The zero-order valence-electron chi connectivity index (χ0n) is 7.46. The smallest absolute Gasteiger partial charge is 0.139 e. The molecule has 0 atom stereocenters. The molecule has 0 aliphatic carbocycles. The number of aromatic nitrogens is 3. The van der Waals surface area contributed by atoms with Crippen molar-refractivity contribution >= 4 is 37.9 Å². The lowest BCUT2D eigenvalue weighted by atomic mass is 10.2. The highest BCUT2D eigenvalue weighted by molar-refractivity contribution is 9.10. The highest BCUT2D eigenvalue weighted by atomic mass is 79.9. The highest BCUT2D eigenvalue weighted by Crippen LogP contribution is 2.26. The van der Waals surface area contributed by atoms with Gasteiger partial charge >= 0.3 is 0 Å². The van der Waals surface area contributed by atoms with Crippen LogP contribution in [0, 0.1) is 5.82 Å². The lowest BCUT2D eigenvalue weighted by Gasteiger charge is -2.00. The molecular weight excluding hydrogens is 261 g/mol. The molecule has 0 fully saturated rings. The Morgan fingerprint density at radius 2 is 2.13 bits per heavy atom. The van der Waals surface area contributed by atoms with Crippen molar-refractivity contribution < 1.29 is 4.39 Å². The molecule has 0 amide bonds. The van der Waals surface area contributed by atoms with E-state index < -0.39 is 0 Å². The van der Waals surface area contributed by atoms with Gasteiger partial charge in [-0.2, -0.15) is 0 Å². The topological polar surface area (TPSA) is 41.6 Å². The van der Waals surface area contributed by atoms with Gasteiger partial charge in [-0.3, -0.25) is 4.98 Å². The van der Waals surface area contributed by atoms with Gasteiger partial charge in [0.15, 0.2) is 0 Å². The summed E-state index contributed by atoms with van der Waals surface area (Å²) in [5.74, 6) is -0.315. The van der Waals surface area contributed by atoms with E-state index in [2.05, 4.69) is 30.9 Å². The largest absolute Gasteiger partial charge is 0.343 e. The average molecular weight is 266 g/mol. The van der Waals surface area contributed by atoms with E-state index in [1.807, 2.05) is 0 Å². The Morgan fingerprint density at radius 1 is 1.27 bits per heavy atom. The molecule has 1 N–H and O–H groups in total. The second-order valence-corrected chi connectivity index (χ2v) is 4.06. The van der Waals surface area contributed by atoms with Crippen LogP contribution >= 0.6 is 15.9 Å². The first-order valence-electron chi connectivity index (χ1n) is 4.32. The lowest BCUT2D eigenvalue weighted by Crippen LogP contribution is -1.84. The van der Waals surface area contributed by atoms with Crippen LogP contribution in [0.15, 0.2) is 29.1 Å². The van der Waals surface area contributed by atoms with Crippen molar-refractivity contribution in [1.29, 1.82) is 0 Å². The predicted octanol–water partition coefficient (Wildman–Crippen LogP) is 3.01. The fraction of sp³-hybridized carbons (Fsp3) is 0. The zero-order chi connectivity index (χ0) is 10.4. The fourth-order valence-corrected chi connectivity index (χ4v) is 1.93. The van der Waals surface area contributed by atoms with Gasteiger partial charge < -0.3 is 4.98 Å². The van der Waals surface area contributed by atoms with Crippen molar-refractivity contribution in [2.24, 2.45) is 0 Å². The summed E-state index contributed by atoms with van der Waals surface area (Å²) in [5.41, 5.74) is 2.26. The molecule has 0 aliphatic heterocycles. The van der Waals surface area contributed by atoms with Crippen LogP contribution in [0.3, 0.4) is 0 Å². The average Bonchev–Trinajstić information content (AvgIpc) is 2.68. The molecule has 5 heteroatoms. The Kier molecular flexibility index (Phi) is 1.76. The summed E-state index contributed by atoms with van der Waals surface area (Å²) >= 11 is 3.15. The van der Waals surface area contributed by atoms with E-state index in [9.17, 15) is 4.39 Å². The monoisotopic (exact) mass is 265 g/mol. The van der Waals surface area contributed by atoms with Gasteiger partial charge in [-0.05, 0) is 22.0 Å². The number of rotatable bonds is 0. The SMILES string of the molecule is Fc1cc2ncc3[nH]cnc3c2cc1Br. The number of pyridine rings is 1. The number of hydrogen-bond donors (Lipinski definition) is 1. The number of aromatic amines is 1. The molecule has 0 radical (unpaired) electrons. The number of halogens is 2. The molecule has 15 heavy (non-hydrogen) atoms. The minimum atomic E-state index is -0.315. The summed E-state index contributed by atoms with van der Waals surface area (Å²) in [6, 6.07) is 3.09. The fourth-order valence-electron chi connectivity index (χ4n) is 1.58. The van der Waals surface area contributed by atoms with Gasteiger partial charge in [-0.1, -0.05) is 0 Å². The van der Waals surface area contributed by atoms with Gasteiger partial charge in [0.2, 0.25) is 0 Å². The van der Waals surface area contributed by atoms with Gasteiger partial charge in [0, 0.05) is 11.5 Å². The van der Waals surface area contributed by atoms with Gasteiger partial charge in [0.1, 0.15) is 5.82 Å². The molecule has 0 saturated heterocycles. The molecule has 0 aliphatic rings. The van der Waals surface area contributed by atoms with E-state index in [-0.39, 0.29) is 5.82 Å². The van der Waals surface area contributed by atoms with E-state index in [1.165, 1.54) is 6.07 Å². The van der Waals surface area contributed by atoms with Crippen LogP contribution in [-0.2, 0) is 0 Å². The molecule has 0 spiro atoms. The molecule has 74 valence electrons. The quantitative estimate of drug-likeness (QED) is 0.679. The summed E-state index contributed by atoms with van der Waals surface area (Å²) in [6.45, 7) is 0. The second kappa shape index (κ2) is 3.00. The predicted molar refractivity (Wildman–Crippen MR) is 59.1 cm³/mol. The maximum Gasteiger partial charge on any atom is 0.139 e. The number of nitrogens with one attached hydrogen (secondary N) is 1. The van der Waals surface area contributed by atoms with Crippen molar-refractivity contribution in [3.05, 3.63) is 34.9 Å². The van der Waals surface area contributed by atoms with E-state index >= 15 is 0 Å². The number of H-pyrrole nitrogens is 1. The highest BCUT2D eigenvalue weighted by Gasteiger charge is 2.07. The summed E-state index contributed by atoms with van der Waals surface area (Å²) in [5, 5.41) is 0.835. The third-order valence-corrected chi connectivity index (χ3v) is 2.90. The summed E-state index contributed by atoms with van der Waals surface area (Å²) in [7, 11) is 0. The van der Waals surface area contributed by atoms with Crippen molar-refractivity contribution in [2.75, 3.05) is 0 Å². The van der Waals surface area contributed by atoms with Crippen LogP contribution in [0.2, 0.25) is 0 Å². The standard InChI is InChI=1S/C10H5BrFN3/c11-6-1-5-8(2-7(6)12)13-3-9-10(5)15-4-14-9/h1-4H,(H,14,15).